The largest absolute Gasteiger partial charge is 0.497 e. The molecule has 0 spiro atoms. The maximum absolute atomic E-state index is 11.7. The number of esters is 1. The summed E-state index contributed by atoms with van der Waals surface area (Å²) >= 11 is 0. The van der Waals surface area contributed by atoms with Gasteiger partial charge in [0.15, 0.2) is 11.5 Å². The minimum absolute atomic E-state index is 0.145. The summed E-state index contributed by atoms with van der Waals surface area (Å²) < 4.78 is 20.7. The molecule has 0 amide bonds. The third-order valence-corrected chi connectivity index (χ3v) is 3.40. The highest BCUT2D eigenvalue weighted by atomic mass is 16.7. The van der Waals surface area contributed by atoms with E-state index in [1.807, 2.05) is 30.3 Å². The van der Waals surface area contributed by atoms with Crippen molar-refractivity contribution in [1.82, 2.24) is 0 Å². The normalized spacial score (nSPS) is 11.7. The molecule has 0 atom stereocenters. The average Bonchev–Trinajstić information content (AvgIpc) is 3.11. The molecule has 5 heteroatoms. The van der Waals surface area contributed by atoms with Gasteiger partial charge in [0.25, 0.3) is 0 Å². The van der Waals surface area contributed by atoms with Gasteiger partial charge in [-0.15, -0.1) is 0 Å². The molecule has 126 valence electrons. The fraction of sp³-hybridized carbons (Fsp3) is 0.150. The Balaban J connectivity index is 1.51. The predicted molar refractivity (Wildman–Crippen MR) is 92.4 cm³/mol. The van der Waals surface area contributed by atoms with Crippen molar-refractivity contribution in [2.45, 2.75) is 0 Å². The van der Waals surface area contributed by atoms with Crippen LogP contribution < -0.4 is 14.2 Å². The number of rotatable bonds is 4. The summed E-state index contributed by atoms with van der Waals surface area (Å²) in [5.41, 5.74) is 1.62. The quantitative estimate of drug-likeness (QED) is 0.634. The van der Waals surface area contributed by atoms with E-state index < -0.39 is 5.97 Å². The van der Waals surface area contributed by atoms with Gasteiger partial charge in [0.1, 0.15) is 12.4 Å². The highest BCUT2D eigenvalue weighted by molar-refractivity contribution is 5.89. The summed E-state index contributed by atoms with van der Waals surface area (Å²) in [6.07, 6.45) is 3.59. The lowest BCUT2D eigenvalue weighted by atomic mass is 10.2. The van der Waals surface area contributed by atoms with Crippen molar-refractivity contribution in [3.05, 3.63) is 59.7 Å². The maximum Gasteiger partial charge on any atom is 0.385 e. The van der Waals surface area contributed by atoms with Crippen LogP contribution in [0.4, 0.5) is 0 Å². The van der Waals surface area contributed by atoms with Crippen molar-refractivity contribution in [3.8, 4) is 29.1 Å². The van der Waals surface area contributed by atoms with Crippen LogP contribution in [0, 0.1) is 11.8 Å². The van der Waals surface area contributed by atoms with Gasteiger partial charge in [-0.05, 0) is 42.0 Å². The molecule has 0 unspecified atom stereocenters. The smallest absolute Gasteiger partial charge is 0.385 e. The number of carbonyl (C=O) groups is 1. The first-order valence-corrected chi connectivity index (χ1v) is 7.63. The van der Waals surface area contributed by atoms with Gasteiger partial charge >= 0.3 is 5.97 Å². The lowest BCUT2D eigenvalue weighted by molar-refractivity contribution is -0.135. The van der Waals surface area contributed by atoms with E-state index in [4.69, 9.17) is 18.9 Å². The number of methoxy groups -OCH3 is 1. The highest BCUT2D eigenvalue weighted by Gasteiger charge is 2.12. The van der Waals surface area contributed by atoms with Crippen LogP contribution in [0.3, 0.4) is 0 Å². The molecule has 25 heavy (non-hydrogen) atoms. The lowest BCUT2D eigenvalue weighted by Crippen LogP contribution is -2.00. The van der Waals surface area contributed by atoms with Crippen molar-refractivity contribution in [1.29, 1.82) is 0 Å². The molecule has 0 N–H and O–H groups in total. The van der Waals surface area contributed by atoms with E-state index in [1.54, 1.807) is 31.4 Å². The number of benzene rings is 2. The second kappa shape index (κ2) is 7.93. The molecule has 0 radical (unpaired) electrons. The Hall–Kier alpha value is -3.39. The topological polar surface area (TPSA) is 54.0 Å². The first kappa shape index (κ1) is 16.5. The molecule has 3 rings (SSSR count). The fourth-order valence-electron chi connectivity index (χ4n) is 2.19. The minimum atomic E-state index is -0.590. The monoisotopic (exact) mass is 336 g/mol. The zero-order valence-electron chi connectivity index (χ0n) is 13.7. The second-order valence-corrected chi connectivity index (χ2v) is 5.10. The van der Waals surface area contributed by atoms with Gasteiger partial charge in [-0.1, -0.05) is 24.1 Å². The van der Waals surface area contributed by atoms with Gasteiger partial charge in [-0.25, -0.2) is 4.79 Å². The van der Waals surface area contributed by atoms with E-state index in [0.717, 1.165) is 11.3 Å². The van der Waals surface area contributed by atoms with Gasteiger partial charge in [-0.3, -0.25) is 0 Å². The van der Waals surface area contributed by atoms with Crippen LogP contribution in [-0.2, 0) is 9.53 Å². The SMILES string of the molecule is COc1cccc(/C=C/COC(=O)C#Cc2ccc3c(c2)OCO3)c1. The zero-order chi connectivity index (χ0) is 17.5. The number of ether oxygens (including phenoxy) is 4. The fourth-order valence-corrected chi connectivity index (χ4v) is 2.19. The van der Waals surface area contributed by atoms with E-state index in [1.165, 1.54) is 0 Å². The molecule has 1 aliphatic rings. The highest BCUT2D eigenvalue weighted by Crippen LogP contribution is 2.32. The van der Waals surface area contributed by atoms with E-state index >= 15 is 0 Å². The van der Waals surface area contributed by atoms with E-state index in [0.29, 0.717) is 17.1 Å². The van der Waals surface area contributed by atoms with Crippen molar-refractivity contribution in [2.24, 2.45) is 0 Å². The van der Waals surface area contributed by atoms with Crippen LogP contribution in [0.5, 0.6) is 17.2 Å². The van der Waals surface area contributed by atoms with E-state index in [9.17, 15) is 4.79 Å². The van der Waals surface area contributed by atoms with Gasteiger partial charge in [0, 0.05) is 11.5 Å². The Bertz CT molecular complexity index is 858. The van der Waals surface area contributed by atoms with Crippen LogP contribution in [0.25, 0.3) is 6.08 Å². The number of hydrogen-bond donors (Lipinski definition) is 0. The van der Waals surface area contributed by atoms with Gasteiger partial charge < -0.3 is 18.9 Å². The lowest BCUT2D eigenvalue weighted by Gasteiger charge is -2.00. The molecule has 0 saturated carbocycles. The van der Waals surface area contributed by atoms with Crippen molar-refractivity contribution < 1.29 is 23.7 Å². The predicted octanol–water partition coefficient (Wildman–Crippen LogP) is 3.03. The first-order chi connectivity index (χ1) is 12.2. The van der Waals surface area contributed by atoms with Crippen molar-refractivity contribution in [3.63, 3.8) is 0 Å². The Morgan fingerprint density at radius 1 is 1.20 bits per heavy atom. The standard InChI is InChI=1S/C20H16O5/c1-22-17-6-2-4-15(12-17)5-3-11-23-20(21)10-8-16-7-9-18-19(13-16)25-14-24-18/h2-7,9,12-13H,11,14H2,1H3/b5-3+. The van der Waals surface area contributed by atoms with Crippen LogP contribution in [0.2, 0.25) is 0 Å². The molecule has 5 nitrogen and oxygen atoms in total. The molecule has 1 aliphatic heterocycles. The molecule has 0 aliphatic carbocycles. The molecule has 0 aromatic heterocycles. The van der Waals surface area contributed by atoms with Gasteiger partial charge in [-0.2, -0.15) is 0 Å². The molecule has 0 fully saturated rings. The second-order valence-electron chi connectivity index (χ2n) is 5.10. The molecular weight excluding hydrogens is 320 g/mol. The molecule has 2 aromatic carbocycles. The summed E-state index contributed by atoms with van der Waals surface area (Å²) in [5, 5.41) is 0. The Labute approximate surface area is 145 Å². The molecule has 0 bridgehead atoms. The average molecular weight is 336 g/mol. The van der Waals surface area contributed by atoms with Crippen LogP contribution in [0.15, 0.2) is 48.5 Å². The molecular formula is C20H16O5. The molecule has 2 aromatic rings. The van der Waals surface area contributed by atoms with E-state index in [2.05, 4.69) is 11.8 Å². The summed E-state index contributed by atoms with van der Waals surface area (Å²) in [6.45, 7) is 0.347. The van der Waals surface area contributed by atoms with Gasteiger partial charge in [0.2, 0.25) is 6.79 Å². The number of fused-ring (bicyclic) bond motifs is 1. The zero-order valence-corrected chi connectivity index (χ0v) is 13.7. The summed E-state index contributed by atoms with van der Waals surface area (Å²) in [7, 11) is 1.61. The van der Waals surface area contributed by atoms with Crippen LogP contribution >= 0.6 is 0 Å². The summed E-state index contributed by atoms with van der Waals surface area (Å²) in [4.78, 5) is 11.7. The van der Waals surface area contributed by atoms with Gasteiger partial charge in [0.05, 0.1) is 7.11 Å². The Kier molecular flexibility index (Phi) is 5.22. The Morgan fingerprint density at radius 3 is 2.96 bits per heavy atom. The number of hydrogen-bond acceptors (Lipinski definition) is 5. The van der Waals surface area contributed by atoms with E-state index in [-0.39, 0.29) is 13.4 Å². The maximum atomic E-state index is 11.7. The number of carbonyl (C=O) groups excluding carboxylic acids is 1. The van der Waals surface area contributed by atoms with Crippen LogP contribution in [0.1, 0.15) is 11.1 Å². The Morgan fingerprint density at radius 2 is 2.08 bits per heavy atom. The van der Waals surface area contributed by atoms with Crippen LogP contribution in [-0.4, -0.2) is 26.5 Å². The summed E-state index contributed by atoms with van der Waals surface area (Å²) in [6, 6.07) is 12.8. The molecule has 1 heterocycles. The third-order valence-electron chi connectivity index (χ3n) is 3.40. The molecule has 0 saturated heterocycles. The summed E-state index contributed by atoms with van der Waals surface area (Å²) in [5.74, 6) is 6.68. The first-order valence-electron chi connectivity index (χ1n) is 7.63. The third kappa shape index (κ3) is 4.55. The van der Waals surface area contributed by atoms with Crippen molar-refractivity contribution in [2.75, 3.05) is 20.5 Å². The van der Waals surface area contributed by atoms with Crippen molar-refractivity contribution >= 4 is 12.0 Å². The minimum Gasteiger partial charge on any atom is -0.497 e.